The van der Waals surface area contributed by atoms with Gasteiger partial charge in [-0.25, -0.2) is 9.37 Å². The van der Waals surface area contributed by atoms with Gasteiger partial charge in [-0.05, 0) is 29.8 Å². The van der Waals surface area contributed by atoms with Crippen LogP contribution in [0.5, 0.6) is 0 Å². The molecule has 0 spiro atoms. The first-order valence-electron chi connectivity index (χ1n) is 8.25. The third kappa shape index (κ3) is 4.38. The van der Waals surface area contributed by atoms with Gasteiger partial charge in [0.05, 0.1) is 11.3 Å². The second-order valence-corrected chi connectivity index (χ2v) is 7.28. The molecule has 0 radical (unpaired) electrons. The summed E-state index contributed by atoms with van der Waals surface area (Å²) in [4.78, 5) is 16.5. The summed E-state index contributed by atoms with van der Waals surface area (Å²) >= 11 is 6.93. The Morgan fingerprint density at radius 1 is 1.14 bits per heavy atom. The maximum Gasteiger partial charge on any atom is 0.173 e. The fourth-order valence-electron chi connectivity index (χ4n) is 2.69. The second-order valence-electron chi connectivity index (χ2n) is 5.88. The summed E-state index contributed by atoms with van der Waals surface area (Å²) in [5, 5.41) is 20.0. The molecule has 0 atom stereocenters. The topological polar surface area (TPSA) is 104 Å². The van der Waals surface area contributed by atoms with Gasteiger partial charge in [0.1, 0.15) is 34.4 Å². The molecule has 0 aliphatic heterocycles. The number of pyridine rings is 1. The largest absolute Gasteiger partial charge is 0.383 e. The predicted octanol–water partition coefficient (Wildman–Crippen LogP) is 4.84. The van der Waals surface area contributed by atoms with Crippen LogP contribution in [0.3, 0.4) is 0 Å². The number of benzene rings is 2. The minimum Gasteiger partial charge on any atom is -0.383 e. The zero-order chi connectivity index (χ0) is 21.0. The Morgan fingerprint density at radius 2 is 1.83 bits per heavy atom. The van der Waals surface area contributed by atoms with Gasteiger partial charge in [-0.1, -0.05) is 47.6 Å². The van der Waals surface area contributed by atoms with E-state index >= 15 is 0 Å². The minimum atomic E-state index is -0.510. The van der Waals surface area contributed by atoms with Gasteiger partial charge in [-0.2, -0.15) is 10.5 Å². The maximum atomic E-state index is 13.3. The SMILES string of the molecule is N#Cc1c(N)nc(SCC(=O)c2cccc(F)c2)c(C#N)c1-c1ccc(Cl)cc1. The Kier molecular flexibility index (Phi) is 6.13. The molecule has 0 saturated carbocycles. The van der Waals surface area contributed by atoms with E-state index in [4.69, 9.17) is 17.3 Å². The van der Waals surface area contributed by atoms with E-state index in [9.17, 15) is 19.7 Å². The van der Waals surface area contributed by atoms with E-state index in [1.165, 1.54) is 18.2 Å². The van der Waals surface area contributed by atoms with Gasteiger partial charge in [-0.15, -0.1) is 0 Å². The van der Waals surface area contributed by atoms with E-state index < -0.39 is 5.82 Å². The van der Waals surface area contributed by atoms with Gasteiger partial charge in [0.15, 0.2) is 5.78 Å². The number of carbonyl (C=O) groups is 1. The van der Waals surface area contributed by atoms with Crippen LogP contribution < -0.4 is 5.73 Å². The van der Waals surface area contributed by atoms with E-state index in [0.717, 1.165) is 17.8 Å². The standard InChI is InChI=1S/C21H12ClFN4OS/c22-14-6-4-12(5-7-14)19-16(9-24)20(26)27-21(17(19)10-25)29-11-18(28)13-2-1-3-15(23)8-13/h1-8H,11H2,(H2,26,27). The van der Waals surface area contributed by atoms with Crippen LogP contribution in [0, 0.1) is 28.5 Å². The minimum absolute atomic E-state index is 0.0443. The summed E-state index contributed by atoms with van der Waals surface area (Å²) < 4.78 is 13.3. The molecule has 29 heavy (non-hydrogen) atoms. The van der Waals surface area contributed by atoms with Crippen LogP contribution in [0.1, 0.15) is 21.5 Å². The number of aromatic nitrogens is 1. The molecule has 2 aromatic carbocycles. The van der Waals surface area contributed by atoms with E-state index in [1.807, 2.05) is 6.07 Å². The third-order valence-electron chi connectivity index (χ3n) is 4.04. The van der Waals surface area contributed by atoms with E-state index in [-0.39, 0.29) is 39.1 Å². The van der Waals surface area contributed by atoms with Crippen molar-refractivity contribution in [1.29, 1.82) is 10.5 Å². The number of rotatable bonds is 5. The number of thioether (sulfide) groups is 1. The molecule has 0 aliphatic carbocycles. The molecular formula is C21H12ClFN4OS. The number of nitrogens with zero attached hydrogens (tertiary/aromatic N) is 3. The van der Waals surface area contributed by atoms with Crippen molar-refractivity contribution in [3.63, 3.8) is 0 Å². The Labute approximate surface area is 175 Å². The van der Waals surface area contributed by atoms with Gasteiger partial charge in [-0.3, -0.25) is 4.79 Å². The molecule has 0 amide bonds. The lowest BCUT2D eigenvalue weighted by Gasteiger charge is -2.13. The van der Waals surface area contributed by atoms with Crippen molar-refractivity contribution in [2.75, 3.05) is 11.5 Å². The van der Waals surface area contributed by atoms with Gasteiger partial charge in [0.25, 0.3) is 0 Å². The molecule has 8 heteroatoms. The number of nitriles is 2. The molecule has 0 fully saturated rings. The number of nitrogen functional groups attached to an aromatic ring is 1. The number of carbonyl (C=O) groups excluding carboxylic acids is 1. The number of halogens is 2. The zero-order valence-electron chi connectivity index (χ0n) is 14.8. The summed E-state index contributed by atoms with van der Waals surface area (Å²) in [6.07, 6.45) is 0. The molecular weight excluding hydrogens is 411 g/mol. The first-order chi connectivity index (χ1) is 13.9. The number of anilines is 1. The highest BCUT2D eigenvalue weighted by molar-refractivity contribution is 8.00. The summed E-state index contributed by atoms with van der Waals surface area (Å²) in [5.41, 5.74) is 7.28. The molecule has 1 aromatic heterocycles. The third-order valence-corrected chi connectivity index (χ3v) is 5.26. The van der Waals surface area contributed by atoms with Crippen LogP contribution >= 0.6 is 23.4 Å². The quantitative estimate of drug-likeness (QED) is 0.466. The Balaban J connectivity index is 2.02. The monoisotopic (exact) mass is 422 g/mol. The molecule has 142 valence electrons. The Bertz CT molecular complexity index is 1180. The summed E-state index contributed by atoms with van der Waals surface area (Å²) in [6, 6.07) is 16.0. The van der Waals surface area contributed by atoms with Gasteiger partial charge in [0.2, 0.25) is 0 Å². The van der Waals surface area contributed by atoms with E-state index in [1.54, 1.807) is 24.3 Å². The fourth-order valence-corrected chi connectivity index (χ4v) is 3.70. The zero-order valence-corrected chi connectivity index (χ0v) is 16.4. The number of nitrogens with two attached hydrogens (primary N) is 1. The molecule has 2 N–H and O–H groups in total. The van der Waals surface area contributed by atoms with E-state index in [2.05, 4.69) is 11.1 Å². The van der Waals surface area contributed by atoms with Crippen molar-refractivity contribution in [1.82, 2.24) is 4.98 Å². The fraction of sp³-hybridized carbons (Fsp3) is 0.0476. The molecule has 0 bridgehead atoms. The van der Waals surface area contributed by atoms with Crippen LogP contribution in [0.15, 0.2) is 53.6 Å². The average molecular weight is 423 g/mol. The second kappa shape index (κ2) is 8.74. The van der Waals surface area contributed by atoms with Crippen LogP contribution in [-0.2, 0) is 0 Å². The average Bonchev–Trinajstić information content (AvgIpc) is 2.72. The van der Waals surface area contributed by atoms with Gasteiger partial charge >= 0.3 is 0 Å². The molecule has 0 unspecified atom stereocenters. The highest BCUT2D eigenvalue weighted by atomic mass is 35.5. The van der Waals surface area contributed by atoms with Crippen molar-refractivity contribution in [3.8, 4) is 23.3 Å². The molecule has 3 rings (SSSR count). The van der Waals surface area contributed by atoms with Crippen LogP contribution in [0.4, 0.5) is 10.2 Å². The Morgan fingerprint density at radius 3 is 2.45 bits per heavy atom. The molecule has 1 heterocycles. The highest BCUT2D eigenvalue weighted by Gasteiger charge is 2.21. The lowest BCUT2D eigenvalue weighted by Crippen LogP contribution is -2.06. The predicted molar refractivity (Wildman–Crippen MR) is 110 cm³/mol. The normalized spacial score (nSPS) is 10.2. The Hall–Kier alpha value is -3.39. The van der Waals surface area contributed by atoms with Crippen molar-refractivity contribution in [3.05, 3.63) is 76.1 Å². The highest BCUT2D eigenvalue weighted by Crippen LogP contribution is 2.36. The number of hydrogen-bond acceptors (Lipinski definition) is 6. The maximum absolute atomic E-state index is 13.3. The van der Waals surface area contributed by atoms with Crippen LogP contribution in [0.25, 0.3) is 11.1 Å². The number of Topliss-reactive ketones (excluding diaryl/α,β-unsaturated/α-hetero) is 1. The van der Waals surface area contributed by atoms with Crippen molar-refractivity contribution in [2.24, 2.45) is 0 Å². The molecule has 0 aliphatic rings. The van der Waals surface area contributed by atoms with E-state index in [0.29, 0.717) is 16.1 Å². The summed E-state index contributed by atoms with van der Waals surface area (Å²) in [6.45, 7) is 0. The molecule has 0 saturated heterocycles. The molecule has 5 nitrogen and oxygen atoms in total. The number of hydrogen-bond donors (Lipinski definition) is 1. The van der Waals surface area contributed by atoms with Crippen molar-refractivity contribution < 1.29 is 9.18 Å². The van der Waals surface area contributed by atoms with Crippen LogP contribution in [0.2, 0.25) is 5.02 Å². The first-order valence-corrected chi connectivity index (χ1v) is 9.62. The van der Waals surface area contributed by atoms with Crippen molar-refractivity contribution >= 4 is 35.0 Å². The van der Waals surface area contributed by atoms with Crippen molar-refractivity contribution in [2.45, 2.75) is 5.03 Å². The first kappa shape index (κ1) is 20.3. The lowest BCUT2D eigenvalue weighted by molar-refractivity contribution is 0.102. The van der Waals surface area contributed by atoms with Gasteiger partial charge < -0.3 is 5.73 Å². The lowest BCUT2D eigenvalue weighted by atomic mass is 9.97. The van der Waals surface area contributed by atoms with Gasteiger partial charge in [0, 0.05) is 16.1 Å². The summed E-state index contributed by atoms with van der Waals surface area (Å²) in [5.74, 6) is -0.950. The smallest absolute Gasteiger partial charge is 0.173 e. The number of ketones is 1. The summed E-state index contributed by atoms with van der Waals surface area (Å²) in [7, 11) is 0. The van der Waals surface area contributed by atoms with Crippen LogP contribution in [-0.4, -0.2) is 16.5 Å². The molecule has 3 aromatic rings.